The second-order valence-electron chi connectivity index (χ2n) is 7.72. The zero-order valence-electron chi connectivity index (χ0n) is 17.3. The molecule has 0 saturated carbocycles. The molecule has 0 radical (unpaired) electrons. The number of amides is 1. The van der Waals surface area contributed by atoms with E-state index in [0.717, 1.165) is 30.8 Å². The molecule has 0 fully saturated rings. The third kappa shape index (κ3) is 5.71. The van der Waals surface area contributed by atoms with Gasteiger partial charge in [0.05, 0.1) is 10.7 Å². The van der Waals surface area contributed by atoms with E-state index in [9.17, 15) is 9.59 Å². The molecule has 0 saturated heterocycles. The average molecular weight is 403 g/mol. The van der Waals surface area contributed by atoms with Crippen LogP contribution in [0.2, 0.25) is 5.02 Å². The van der Waals surface area contributed by atoms with Gasteiger partial charge in [-0.3, -0.25) is 9.59 Å². The number of aryl methyl sites for hydroxylation is 1. The van der Waals surface area contributed by atoms with Crippen molar-refractivity contribution in [1.82, 2.24) is 4.57 Å². The molecule has 4 nitrogen and oxygen atoms in total. The van der Waals surface area contributed by atoms with Gasteiger partial charge >= 0.3 is 0 Å². The number of para-hydroxylation sites is 1. The fourth-order valence-corrected chi connectivity index (χ4v) is 3.61. The highest BCUT2D eigenvalue weighted by molar-refractivity contribution is 6.33. The molecule has 0 aliphatic rings. The van der Waals surface area contributed by atoms with Crippen LogP contribution in [0.25, 0.3) is 0 Å². The summed E-state index contributed by atoms with van der Waals surface area (Å²) < 4.78 is 2.15. The monoisotopic (exact) mass is 402 g/mol. The molecule has 1 heterocycles. The molecule has 0 bridgehead atoms. The summed E-state index contributed by atoms with van der Waals surface area (Å²) in [5.74, 6) is -0.0639. The van der Waals surface area contributed by atoms with Gasteiger partial charge in [-0.15, -0.1) is 0 Å². The summed E-state index contributed by atoms with van der Waals surface area (Å²) in [7, 11) is 0. The standard InChI is InChI=1S/C23H31ClN2O2/c1-5-6-7-10-13-26-17(4)15-21(27)22(20(26)14-16(2)3)23(28)25-19-12-9-8-11-18(19)24/h8-9,11-12,15-16H,5-7,10,13-14H2,1-4H3,(H,25,28). The van der Waals surface area contributed by atoms with Crippen molar-refractivity contribution in [3.05, 3.63) is 62.5 Å². The predicted molar refractivity (Wildman–Crippen MR) is 118 cm³/mol. The van der Waals surface area contributed by atoms with Gasteiger partial charge in [0.15, 0.2) is 5.43 Å². The van der Waals surface area contributed by atoms with E-state index < -0.39 is 5.91 Å². The molecule has 0 unspecified atom stereocenters. The Balaban J connectivity index is 2.44. The Morgan fingerprint density at radius 1 is 1.18 bits per heavy atom. The van der Waals surface area contributed by atoms with Crippen LogP contribution in [-0.4, -0.2) is 10.5 Å². The summed E-state index contributed by atoms with van der Waals surface area (Å²) in [5, 5.41) is 3.27. The predicted octanol–water partition coefficient (Wildman–Crippen LogP) is 5.84. The van der Waals surface area contributed by atoms with Crippen molar-refractivity contribution in [2.45, 2.75) is 66.3 Å². The molecular formula is C23H31ClN2O2. The molecule has 1 aromatic heterocycles. The minimum Gasteiger partial charge on any atom is -0.348 e. The number of benzene rings is 1. The first kappa shape index (κ1) is 22.2. The number of hydrogen-bond donors (Lipinski definition) is 1. The van der Waals surface area contributed by atoms with Gasteiger partial charge in [0.1, 0.15) is 5.56 Å². The number of pyridine rings is 1. The minimum absolute atomic E-state index is 0.231. The van der Waals surface area contributed by atoms with Gasteiger partial charge in [0.2, 0.25) is 0 Å². The maximum atomic E-state index is 13.0. The molecule has 0 spiro atoms. The lowest BCUT2D eigenvalue weighted by Crippen LogP contribution is -2.29. The Labute approximate surface area is 172 Å². The van der Waals surface area contributed by atoms with Gasteiger partial charge in [0.25, 0.3) is 5.91 Å². The molecule has 1 N–H and O–H groups in total. The number of rotatable bonds is 9. The first-order valence-corrected chi connectivity index (χ1v) is 10.5. The highest BCUT2D eigenvalue weighted by atomic mass is 35.5. The van der Waals surface area contributed by atoms with E-state index in [2.05, 4.69) is 30.7 Å². The number of halogens is 1. The van der Waals surface area contributed by atoms with Crippen molar-refractivity contribution in [3.8, 4) is 0 Å². The van der Waals surface area contributed by atoms with Crippen LogP contribution in [0.3, 0.4) is 0 Å². The molecule has 0 aliphatic heterocycles. The molecule has 1 amide bonds. The van der Waals surface area contributed by atoms with Crippen LogP contribution in [-0.2, 0) is 13.0 Å². The van der Waals surface area contributed by atoms with E-state index >= 15 is 0 Å². The molecule has 5 heteroatoms. The quantitative estimate of drug-likeness (QED) is 0.535. The molecule has 2 aromatic rings. The smallest absolute Gasteiger partial charge is 0.261 e. The van der Waals surface area contributed by atoms with Gasteiger partial charge < -0.3 is 9.88 Å². The molecule has 1 aromatic carbocycles. The van der Waals surface area contributed by atoms with Gasteiger partial charge in [-0.2, -0.15) is 0 Å². The van der Waals surface area contributed by atoms with Gasteiger partial charge in [-0.25, -0.2) is 0 Å². The van der Waals surface area contributed by atoms with Crippen LogP contribution in [0.5, 0.6) is 0 Å². The number of anilines is 1. The third-order valence-corrected chi connectivity index (χ3v) is 5.14. The van der Waals surface area contributed by atoms with E-state index in [4.69, 9.17) is 11.6 Å². The lowest BCUT2D eigenvalue weighted by molar-refractivity contribution is 0.102. The van der Waals surface area contributed by atoms with E-state index in [-0.39, 0.29) is 11.0 Å². The van der Waals surface area contributed by atoms with Gasteiger partial charge in [0, 0.05) is 24.0 Å². The number of carbonyl (C=O) groups is 1. The van der Waals surface area contributed by atoms with Crippen molar-refractivity contribution < 1.29 is 4.79 Å². The Hall–Kier alpha value is -2.07. The Kier molecular flexibility index (Phi) is 8.31. The van der Waals surface area contributed by atoms with E-state index in [1.807, 2.05) is 6.92 Å². The second-order valence-corrected chi connectivity index (χ2v) is 8.12. The van der Waals surface area contributed by atoms with Crippen molar-refractivity contribution in [1.29, 1.82) is 0 Å². The second kappa shape index (κ2) is 10.5. The Bertz CT molecular complexity index is 871. The summed E-state index contributed by atoms with van der Waals surface area (Å²) >= 11 is 6.18. The van der Waals surface area contributed by atoms with E-state index in [1.54, 1.807) is 30.3 Å². The van der Waals surface area contributed by atoms with Crippen LogP contribution in [0.15, 0.2) is 35.1 Å². The molecular weight excluding hydrogens is 372 g/mol. The number of aromatic nitrogens is 1. The van der Waals surface area contributed by atoms with Crippen LogP contribution in [0, 0.1) is 12.8 Å². The molecule has 2 rings (SSSR count). The largest absolute Gasteiger partial charge is 0.348 e. The van der Waals surface area contributed by atoms with Crippen LogP contribution >= 0.6 is 11.6 Å². The zero-order valence-corrected chi connectivity index (χ0v) is 18.1. The van der Waals surface area contributed by atoms with Crippen molar-refractivity contribution in [2.75, 3.05) is 5.32 Å². The molecule has 0 aliphatic carbocycles. The topological polar surface area (TPSA) is 51.1 Å². The third-order valence-electron chi connectivity index (χ3n) is 4.81. The number of nitrogens with one attached hydrogen (secondary N) is 1. The van der Waals surface area contributed by atoms with Crippen molar-refractivity contribution in [2.24, 2.45) is 5.92 Å². The summed E-state index contributed by atoms with van der Waals surface area (Å²) in [6, 6.07) is 8.63. The number of carbonyl (C=O) groups excluding carboxylic acids is 1. The molecule has 28 heavy (non-hydrogen) atoms. The first-order valence-electron chi connectivity index (χ1n) is 10.1. The Morgan fingerprint density at radius 2 is 1.89 bits per heavy atom. The van der Waals surface area contributed by atoms with Gasteiger partial charge in [-0.05, 0) is 37.8 Å². The fourth-order valence-electron chi connectivity index (χ4n) is 3.43. The maximum absolute atomic E-state index is 13.0. The van der Waals surface area contributed by atoms with Crippen LogP contribution in [0.4, 0.5) is 5.69 Å². The fraction of sp³-hybridized carbons (Fsp3) is 0.478. The summed E-state index contributed by atoms with van der Waals surface area (Å²) in [6.07, 6.45) is 5.22. The summed E-state index contributed by atoms with van der Waals surface area (Å²) in [4.78, 5) is 25.8. The highest BCUT2D eigenvalue weighted by Gasteiger charge is 2.21. The minimum atomic E-state index is -0.393. The SMILES string of the molecule is CCCCCCn1c(C)cc(=O)c(C(=O)Nc2ccccc2Cl)c1CC(C)C. The lowest BCUT2D eigenvalue weighted by Gasteiger charge is -2.21. The molecule has 0 atom stereocenters. The summed E-state index contributed by atoms with van der Waals surface area (Å²) in [6.45, 7) is 9.15. The maximum Gasteiger partial charge on any atom is 0.261 e. The zero-order chi connectivity index (χ0) is 20.7. The normalized spacial score (nSPS) is 11.1. The van der Waals surface area contributed by atoms with Crippen molar-refractivity contribution in [3.63, 3.8) is 0 Å². The number of nitrogens with zero attached hydrogens (tertiary/aromatic N) is 1. The van der Waals surface area contributed by atoms with Crippen LogP contribution < -0.4 is 10.7 Å². The molecule has 152 valence electrons. The number of unbranched alkanes of at least 4 members (excludes halogenated alkanes) is 3. The van der Waals surface area contributed by atoms with E-state index in [0.29, 0.717) is 23.0 Å². The van der Waals surface area contributed by atoms with E-state index in [1.165, 1.54) is 12.8 Å². The highest BCUT2D eigenvalue weighted by Crippen LogP contribution is 2.22. The number of hydrogen-bond acceptors (Lipinski definition) is 2. The van der Waals surface area contributed by atoms with Crippen LogP contribution in [0.1, 0.15) is 68.2 Å². The lowest BCUT2D eigenvalue weighted by atomic mass is 10.0. The van der Waals surface area contributed by atoms with Crippen molar-refractivity contribution >= 4 is 23.2 Å². The Morgan fingerprint density at radius 3 is 2.54 bits per heavy atom. The average Bonchev–Trinajstić information content (AvgIpc) is 2.62. The first-order chi connectivity index (χ1) is 13.3. The van der Waals surface area contributed by atoms with Gasteiger partial charge in [-0.1, -0.05) is 63.8 Å². The summed E-state index contributed by atoms with van der Waals surface area (Å²) in [5.41, 5.74) is 2.24.